The van der Waals surface area contributed by atoms with Crippen molar-refractivity contribution in [1.29, 1.82) is 0 Å². The van der Waals surface area contributed by atoms with Crippen molar-refractivity contribution >= 4 is 33.6 Å². The van der Waals surface area contributed by atoms with Gasteiger partial charge in [-0.3, -0.25) is 0 Å². The van der Waals surface area contributed by atoms with Gasteiger partial charge in [0.15, 0.2) is 12.1 Å². The summed E-state index contributed by atoms with van der Waals surface area (Å²) in [7, 11) is 1.62. The summed E-state index contributed by atoms with van der Waals surface area (Å²) < 4.78 is 8.05. The van der Waals surface area contributed by atoms with E-state index in [0.29, 0.717) is 0 Å². The van der Waals surface area contributed by atoms with E-state index in [4.69, 9.17) is 9.73 Å². The smallest absolute Gasteiger partial charge is 0.281 e. The predicted octanol–water partition coefficient (Wildman–Crippen LogP) is 6.39. The zero-order valence-electron chi connectivity index (χ0n) is 23.5. The van der Waals surface area contributed by atoms with E-state index in [1.54, 1.807) is 7.11 Å². The molecule has 196 valence electrons. The molecule has 5 atom stereocenters. The van der Waals surface area contributed by atoms with Crippen LogP contribution in [0.25, 0.3) is 21.5 Å². The van der Waals surface area contributed by atoms with Gasteiger partial charge in [0.2, 0.25) is 5.79 Å². The summed E-state index contributed by atoms with van der Waals surface area (Å²) in [5, 5.41) is 16.7. The highest BCUT2D eigenvalue weighted by Crippen LogP contribution is 2.61. The molecule has 1 saturated carbocycles. The number of ether oxygens (including phenoxy) is 1. The first-order valence-electron chi connectivity index (χ1n) is 14.1. The van der Waals surface area contributed by atoms with E-state index in [-0.39, 0.29) is 34.7 Å². The van der Waals surface area contributed by atoms with Gasteiger partial charge >= 0.3 is 0 Å². The van der Waals surface area contributed by atoms with Crippen molar-refractivity contribution in [3.8, 4) is 0 Å². The van der Waals surface area contributed by atoms with Crippen molar-refractivity contribution in [3.05, 3.63) is 94.5 Å². The highest BCUT2D eigenvalue weighted by atomic mass is 16.6. The largest absolute Gasteiger partial charge is 0.362 e. The van der Waals surface area contributed by atoms with Gasteiger partial charge in [0.05, 0.1) is 11.8 Å². The third-order valence-electron chi connectivity index (χ3n) is 10.1. The molecular formula is C35H35N2O2+. The highest BCUT2D eigenvalue weighted by molar-refractivity contribution is 6.16. The van der Waals surface area contributed by atoms with Crippen molar-refractivity contribution in [1.82, 2.24) is 0 Å². The molecule has 0 bridgehead atoms. The second-order valence-corrected chi connectivity index (χ2v) is 13.5. The fourth-order valence-electron chi connectivity index (χ4n) is 8.14. The molecule has 2 aliphatic heterocycles. The number of aliphatic imine (C=N–C) groups is 1. The van der Waals surface area contributed by atoms with Gasteiger partial charge in [0.25, 0.3) is 6.34 Å². The van der Waals surface area contributed by atoms with E-state index in [1.165, 1.54) is 55.1 Å². The molecule has 0 radical (unpaired) electrons. The Hall–Kier alpha value is -3.34. The second kappa shape index (κ2) is 7.24. The first-order valence-corrected chi connectivity index (χ1v) is 14.1. The number of hydrogen-bond acceptors (Lipinski definition) is 3. The van der Waals surface area contributed by atoms with Crippen LogP contribution in [0.5, 0.6) is 0 Å². The summed E-state index contributed by atoms with van der Waals surface area (Å²) in [6.45, 7) is 11.5. The maximum atomic E-state index is 11.6. The Kier molecular flexibility index (Phi) is 4.37. The van der Waals surface area contributed by atoms with Crippen LogP contribution in [-0.2, 0) is 15.6 Å². The molecule has 0 amide bonds. The monoisotopic (exact) mass is 515 g/mol. The lowest BCUT2D eigenvalue weighted by Crippen LogP contribution is -2.44. The number of rotatable bonds is 1. The number of benzene rings is 4. The lowest BCUT2D eigenvalue weighted by atomic mass is 9.76. The van der Waals surface area contributed by atoms with Gasteiger partial charge in [0, 0.05) is 18.1 Å². The molecular weight excluding hydrogens is 480 g/mol. The summed E-state index contributed by atoms with van der Waals surface area (Å²) in [5.41, 5.74) is 7.71. The molecule has 4 heteroatoms. The van der Waals surface area contributed by atoms with Crippen LogP contribution in [0.2, 0.25) is 0 Å². The maximum absolute atomic E-state index is 11.6. The van der Waals surface area contributed by atoms with Crippen molar-refractivity contribution in [3.63, 3.8) is 0 Å². The Balaban J connectivity index is 1.45. The SMILES string of the molecule is COC1(O)C2c3ccc4cc(C(C)(C)C)ccc4c3C3=[N+](C=NC4C3c3ccc5ccccc5c3C4(C)C)C21. The highest BCUT2D eigenvalue weighted by Gasteiger charge is 2.75. The molecule has 0 spiro atoms. The fourth-order valence-corrected chi connectivity index (χ4v) is 8.14. The Bertz CT molecular complexity index is 1810. The van der Waals surface area contributed by atoms with Gasteiger partial charge in [-0.15, -0.1) is 0 Å². The topological polar surface area (TPSA) is 44.8 Å². The number of hydrogen-bond donors (Lipinski definition) is 1. The summed E-state index contributed by atoms with van der Waals surface area (Å²) in [5.74, 6) is -1.24. The minimum absolute atomic E-state index is 0.0687. The molecule has 4 aromatic rings. The number of nitrogens with zero attached hydrogens (tertiary/aromatic N) is 2. The quantitative estimate of drug-likeness (QED) is 0.236. The summed E-state index contributed by atoms with van der Waals surface area (Å²) in [6, 6.07) is 24.6. The zero-order valence-corrected chi connectivity index (χ0v) is 23.5. The Morgan fingerprint density at radius 3 is 2.41 bits per heavy atom. The van der Waals surface area contributed by atoms with E-state index in [0.717, 1.165) is 0 Å². The summed E-state index contributed by atoms with van der Waals surface area (Å²) in [6.07, 6.45) is 2.01. The third-order valence-corrected chi connectivity index (χ3v) is 10.1. The normalized spacial score (nSPS) is 29.6. The van der Waals surface area contributed by atoms with Crippen molar-refractivity contribution in [2.24, 2.45) is 4.99 Å². The molecule has 1 N–H and O–H groups in total. The van der Waals surface area contributed by atoms with Gasteiger partial charge in [-0.2, -0.15) is 0 Å². The van der Waals surface area contributed by atoms with Crippen LogP contribution in [0.15, 0.2) is 71.7 Å². The van der Waals surface area contributed by atoms with E-state index in [2.05, 4.69) is 106 Å². The van der Waals surface area contributed by atoms with Crippen molar-refractivity contribution in [2.45, 2.75) is 75.2 Å². The molecule has 5 unspecified atom stereocenters. The van der Waals surface area contributed by atoms with Gasteiger partial charge in [-0.1, -0.05) is 106 Å². The Labute approximate surface area is 229 Å². The lowest BCUT2D eigenvalue weighted by Gasteiger charge is -2.30. The molecule has 4 aromatic carbocycles. The second-order valence-electron chi connectivity index (χ2n) is 13.5. The molecule has 2 aliphatic carbocycles. The summed E-state index contributed by atoms with van der Waals surface area (Å²) >= 11 is 0. The maximum Gasteiger partial charge on any atom is 0.281 e. The van der Waals surface area contributed by atoms with E-state index in [9.17, 15) is 5.11 Å². The lowest BCUT2D eigenvalue weighted by molar-refractivity contribution is -0.443. The minimum atomic E-state index is -1.23. The van der Waals surface area contributed by atoms with E-state index < -0.39 is 5.79 Å². The molecule has 2 heterocycles. The van der Waals surface area contributed by atoms with Crippen LogP contribution in [0, 0.1) is 0 Å². The molecule has 39 heavy (non-hydrogen) atoms. The zero-order chi connectivity index (χ0) is 27.1. The van der Waals surface area contributed by atoms with Crippen LogP contribution in [0.1, 0.15) is 74.3 Å². The number of fused-ring (bicyclic) bond motifs is 13. The molecule has 8 rings (SSSR count). The first kappa shape index (κ1) is 23.5. The third kappa shape index (κ3) is 2.81. The van der Waals surface area contributed by atoms with E-state index in [1.807, 2.05) is 6.34 Å². The van der Waals surface area contributed by atoms with Gasteiger partial charge in [-0.05, 0) is 49.2 Å². The van der Waals surface area contributed by atoms with Crippen molar-refractivity contribution < 1.29 is 14.4 Å². The molecule has 4 nitrogen and oxygen atoms in total. The summed E-state index contributed by atoms with van der Waals surface area (Å²) in [4.78, 5) is 5.24. The van der Waals surface area contributed by atoms with Crippen LogP contribution in [0.4, 0.5) is 0 Å². The Morgan fingerprint density at radius 1 is 0.897 bits per heavy atom. The number of methoxy groups -OCH3 is 1. The van der Waals surface area contributed by atoms with Crippen LogP contribution >= 0.6 is 0 Å². The van der Waals surface area contributed by atoms with Crippen molar-refractivity contribution in [2.75, 3.05) is 7.11 Å². The first-order chi connectivity index (χ1) is 18.6. The van der Waals surface area contributed by atoms with Gasteiger partial charge < -0.3 is 9.84 Å². The van der Waals surface area contributed by atoms with Crippen LogP contribution in [0.3, 0.4) is 0 Å². The molecule has 0 saturated heterocycles. The fraction of sp³-hybridized carbons (Fsp3) is 0.371. The molecule has 0 aromatic heterocycles. The average Bonchev–Trinajstić information content (AvgIpc) is 3.48. The standard InChI is InChI=1S/C35H35N2O2/c1-33(2,3)21-13-16-22-20(17-21)12-15-24-26(22)30-27-25-14-11-19-9-7-8-10-23(19)28(25)34(4,5)31(27)36-18-37(30)32-29(24)35(32,38)39-6/h7-18,27,29,31-32,38H,1-6H3/q+1. The Morgan fingerprint density at radius 2 is 1.64 bits per heavy atom. The molecule has 4 aliphatic rings. The van der Waals surface area contributed by atoms with Crippen LogP contribution < -0.4 is 0 Å². The minimum Gasteiger partial charge on any atom is -0.362 e. The van der Waals surface area contributed by atoms with Crippen LogP contribution in [-0.4, -0.2) is 46.7 Å². The predicted molar refractivity (Wildman–Crippen MR) is 158 cm³/mol. The van der Waals surface area contributed by atoms with Gasteiger partial charge in [0.1, 0.15) is 5.71 Å². The van der Waals surface area contributed by atoms with Gasteiger partial charge in [-0.25, -0.2) is 4.58 Å². The number of aliphatic hydroxyl groups is 1. The molecule has 1 fully saturated rings. The average molecular weight is 516 g/mol. The van der Waals surface area contributed by atoms with E-state index >= 15 is 0 Å².